The largest absolute Gasteiger partial charge is 0.381 e. The lowest BCUT2D eigenvalue weighted by atomic mass is 9.64. The number of unbranched alkanes of at least 4 members (excludes halogenated alkanes) is 1. The van der Waals surface area contributed by atoms with Gasteiger partial charge >= 0.3 is 0 Å². The van der Waals surface area contributed by atoms with Crippen molar-refractivity contribution in [3.05, 3.63) is 23.3 Å². The predicted molar refractivity (Wildman–Crippen MR) is 227 cm³/mol. The third-order valence-corrected chi connectivity index (χ3v) is 16.7. The van der Waals surface area contributed by atoms with E-state index in [0.717, 1.165) is 59.9 Å². The van der Waals surface area contributed by atoms with Crippen LogP contribution in [0.1, 0.15) is 207 Å². The Morgan fingerprint density at radius 3 is 1.66 bits per heavy atom. The monoisotopic (exact) mass is 733 g/mol. The lowest BCUT2D eigenvalue weighted by Crippen LogP contribution is -2.44. The first-order chi connectivity index (χ1) is 25.9. The molecule has 0 aliphatic heterocycles. The summed E-state index contributed by atoms with van der Waals surface area (Å²) in [6, 6.07) is 0. The third-order valence-electron chi connectivity index (χ3n) is 16.7. The van der Waals surface area contributed by atoms with Gasteiger partial charge in [0.25, 0.3) is 0 Å². The summed E-state index contributed by atoms with van der Waals surface area (Å²) >= 11 is 0. The molecule has 0 aromatic carbocycles. The molecule has 0 heterocycles. The summed E-state index contributed by atoms with van der Waals surface area (Å²) in [5.74, 6) is 8.97. The number of hydrogen-bond acceptors (Lipinski definition) is 2. The molecular formula is C51H88O2. The second kappa shape index (κ2) is 21.8. The minimum absolute atomic E-state index is 0.421. The van der Waals surface area contributed by atoms with Crippen molar-refractivity contribution >= 4 is 0 Å². The molecule has 0 bridgehead atoms. The van der Waals surface area contributed by atoms with Crippen molar-refractivity contribution < 1.29 is 9.47 Å². The molecule has 7 unspecified atom stereocenters. The Bertz CT molecular complexity index is 1080. The smallest absolute Gasteiger partial charge is 0.0606 e. The third kappa shape index (κ3) is 12.0. The van der Waals surface area contributed by atoms with Crippen molar-refractivity contribution in [1.29, 1.82) is 0 Å². The summed E-state index contributed by atoms with van der Waals surface area (Å²) in [7, 11) is 2.00. The fourth-order valence-electron chi connectivity index (χ4n) is 13.1. The van der Waals surface area contributed by atoms with Crippen LogP contribution in [0.15, 0.2) is 23.3 Å². The molecule has 0 spiro atoms. The van der Waals surface area contributed by atoms with E-state index in [1.54, 1.807) is 0 Å². The number of rotatable bonds is 15. The van der Waals surface area contributed by atoms with Crippen LogP contribution in [0.4, 0.5) is 0 Å². The standard InChI is InChI=1S/C51H88O2/c1-6-8-16-39(7-2)36-53-50-35-49(51(52-5)31-38(50)4)44-29-27-41(28-30-44)33-48(43-19-13-10-14-20-43)46-22-15-21-45(34-46)47(42-17-11-9-12-18-42)32-40-25-23-37(3)24-26-40/h32-33,37-46,49-51H,6-31,34-36H2,1-5H3/b47-32+,48-33+. The quantitative estimate of drug-likeness (QED) is 0.156. The Morgan fingerprint density at radius 2 is 1.13 bits per heavy atom. The number of methoxy groups -OCH3 is 1. The zero-order chi connectivity index (χ0) is 37.0. The minimum Gasteiger partial charge on any atom is -0.381 e. The van der Waals surface area contributed by atoms with Gasteiger partial charge in [0.1, 0.15) is 0 Å². The SMILES string of the molecule is CCCCC(CC)COC1CC(C2CCC(/C=C(\C3CCCCC3)C3CCCC(/C(=C/C4CCC(C)CC4)C4CCCCC4)C3)CC2)C(OC)CC1C. The van der Waals surface area contributed by atoms with Gasteiger partial charge in [-0.1, -0.05) is 128 Å². The molecule has 0 saturated heterocycles. The number of allylic oxidation sites excluding steroid dienone is 4. The second-order valence-electron chi connectivity index (χ2n) is 20.4. The van der Waals surface area contributed by atoms with Crippen LogP contribution >= 0.6 is 0 Å². The summed E-state index contributed by atoms with van der Waals surface area (Å²) in [6.45, 7) is 10.6. The van der Waals surface area contributed by atoms with Gasteiger partial charge < -0.3 is 9.47 Å². The van der Waals surface area contributed by atoms with Gasteiger partial charge in [-0.15, -0.1) is 0 Å². The average molecular weight is 733 g/mol. The van der Waals surface area contributed by atoms with Crippen molar-refractivity contribution in [2.75, 3.05) is 13.7 Å². The van der Waals surface area contributed by atoms with Crippen LogP contribution in [0, 0.1) is 65.1 Å². The molecule has 2 heteroatoms. The van der Waals surface area contributed by atoms with E-state index >= 15 is 0 Å². The van der Waals surface area contributed by atoms with Crippen molar-refractivity contribution in [3.8, 4) is 0 Å². The highest BCUT2D eigenvalue weighted by molar-refractivity contribution is 5.20. The lowest BCUT2D eigenvalue weighted by molar-refractivity contribution is -0.102. The van der Waals surface area contributed by atoms with E-state index in [4.69, 9.17) is 9.47 Å². The van der Waals surface area contributed by atoms with E-state index in [0.29, 0.717) is 24.0 Å². The van der Waals surface area contributed by atoms with Crippen molar-refractivity contribution in [1.82, 2.24) is 0 Å². The first kappa shape index (κ1) is 42.0. The van der Waals surface area contributed by atoms with Gasteiger partial charge in [-0.05, 0) is 168 Å². The van der Waals surface area contributed by atoms with E-state index in [9.17, 15) is 0 Å². The van der Waals surface area contributed by atoms with Crippen LogP contribution in [0.25, 0.3) is 0 Å². The van der Waals surface area contributed by atoms with Crippen LogP contribution in [0.5, 0.6) is 0 Å². The van der Waals surface area contributed by atoms with Crippen LogP contribution in [0.3, 0.4) is 0 Å². The van der Waals surface area contributed by atoms with Gasteiger partial charge in [0.2, 0.25) is 0 Å². The predicted octanol–water partition coefficient (Wildman–Crippen LogP) is 15.1. The molecular weight excluding hydrogens is 645 g/mol. The highest BCUT2D eigenvalue weighted by Crippen LogP contribution is 2.49. The van der Waals surface area contributed by atoms with E-state index < -0.39 is 0 Å². The summed E-state index contributed by atoms with van der Waals surface area (Å²) in [6.07, 6.45) is 46.6. The molecule has 6 saturated carbocycles. The van der Waals surface area contributed by atoms with Crippen LogP contribution in [-0.2, 0) is 9.47 Å². The zero-order valence-corrected chi connectivity index (χ0v) is 36.0. The lowest BCUT2D eigenvalue weighted by Gasteiger charge is -2.45. The van der Waals surface area contributed by atoms with Gasteiger partial charge in [-0.2, -0.15) is 0 Å². The molecule has 0 N–H and O–H groups in total. The summed E-state index contributed by atoms with van der Waals surface area (Å²) in [5.41, 5.74) is 3.97. The maximum Gasteiger partial charge on any atom is 0.0606 e. The number of ether oxygens (including phenoxy) is 2. The van der Waals surface area contributed by atoms with Crippen molar-refractivity contribution in [2.45, 2.75) is 220 Å². The Kier molecular flexibility index (Phi) is 17.3. The molecule has 6 aliphatic rings. The molecule has 0 aromatic heterocycles. The van der Waals surface area contributed by atoms with Gasteiger partial charge in [-0.3, -0.25) is 0 Å². The van der Waals surface area contributed by atoms with Gasteiger partial charge in [0.15, 0.2) is 0 Å². The van der Waals surface area contributed by atoms with E-state index in [2.05, 4.69) is 39.8 Å². The Balaban J connectivity index is 1.12. The molecule has 6 rings (SSSR count). The Labute approximate surface area is 330 Å². The molecule has 2 nitrogen and oxygen atoms in total. The number of hydrogen-bond donors (Lipinski definition) is 0. The molecule has 6 fully saturated rings. The second-order valence-corrected chi connectivity index (χ2v) is 20.4. The van der Waals surface area contributed by atoms with Crippen molar-refractivity contribution in [3.63, 3.8) is 0 Å². The Hall–Kier alpha value is -0.600. The Morgan fingerprint density at radius 1 is 0.585 bits per heavy atom. The van der Waals surface area contributed by atoms with E-state index in [1.165, 1.54) is 180 Å². The normalized spacial score (nSPS) is 38.1. The molecule has 6 aliphatic carbocycles. The summed E-state index contributed by atoms with van der Waals surface area (Å²) in [5, 5.41) is 0. The molecule has 0 radical (unpaired) electrons. The maximum absolute atomic E-state index is 6.81. The summed E-state index contributed by atoms with van der Waals surface area (Å²) in [4.78, 5) is 0. The first-order valence-corrected chi connectivity index (χ1v) is 24.5. The zero-order valence-electron chi connectivity index (χ0n) is 36.0. The molecule has 0 aromatic rings. The maximum atomic E-state index is 6.81. The van der Waals surface area contributed by atoms with Crippen LogP contribution < -0.4 is 0 Å². The van der Waals surface area contributed by atoms with Crippen molar-refractivity contribution in [2.24, 2.45) is 65.1 Å². The average Bonchev–Trinajstić information content (AvgIpc) is 3.21. The van der Waals surface area contributed by atoms with Crippen LogP contribution in [-0.4, -0.2) is 25.9 Å². The fourth-order valence-corrected chi connectivity index (χ4v) is 13.1. The summed E-state index contributed by atoms with van der Waals surface area (Å²) < 4.78 is 13.1. The molecule has 304 valence electrons. The highest BCUT2D eigenvalue weighted by Gasteiger charge is 2.41. The van der Waals surface area contributed by atoms with Crippen LogP contribution in [0.2, 0.25) is 0 Å². The first-order valence-electron chi connectivity index (χ1n) is 24.5. The van der Waals surface area contributed by atoms with Gasteiger partial charge in [-0.25, -0.2) is 0 Å². The molecule has 0 amide bonds. The molecule has 53 heavy (non-hydrogen) atoms. The van der Waals surface area contributed by atoms with E-state index in [-0.39, 0.29) is 0 Å². The van der Waals surface area contributed by atoms with E-state index in [1.807, 2.05) is 18.3 Å². The highest BCUT2D eigenvalue weighted by atomic mass is 16.5. The van der Waals surface area contributed by atoms with Gasteiger partial charge in [0.05, 0.1) is 12.2 Å². The minimum atomic E-state index is 0.421. The van der Waals surface area contributed by atoms with Gasteiger partial charge in [0, 0.05) is 13.7 Å². The topological polar surface area (TPSA) is 18.5 Å². The fraction of sp³-hybridized carbons (Fsp3) is 0.922. The molecule has 7 atom stereocenters.